The Hall–Kier alpha value is -3.61. The van der Waals surface area contributed by atoms with Crippen LogP contribution in [0.15, 0.2) is 36.8 Å². The minimum atomic E-state index is -4.55. The predicted molar refractivity (Wildman–Crippen MR) is 112 cm³/mol. The summed E-state index contributed by atoms with van der Waals surface area (Å²) in [5.74, 6) is 0.642. The van der Waals surface area contributed by atoms with Crippen LogP contribution < -0.4 is 5.32 Å². The second-order valence-corrected chi connectivity index (χ2v) is 8.22. The molecule has 0 bridgehead atoms. The summed E-state index contributed by atoms with van der Waals surface area (Å²) in [5, 5.41) is 21.7. The van der Waals surface area contributed by atoms with Crippen molar-refractivity contribution in [1.29, 1.82) is 5.26 Å². The fraction of sp³-hybridized carbons (Fsp3) is 0.364. The van der Waals surface area contributed by atoms with Gasteiger partial charge < -0.3 is 10.3 Å². The first-order valence-corrected chi connectivity index (χ1v) is 10.5. The van der Waals surface area contributed by atoms with Crippen molar-refractivity contribution >= 4 is 22.2 Å². The van der Waals surface area contributed by atoms with Gasteiger partial charge >= 0.3 is 6.18 Å². The molecular weight excluding hydrogens is 419 g/mol. The van der Waals surface area contributed by atoms with Crippen LogP contribution in [0.5, 0.6) is 0 Å². The molecule has 0 radical (unpaired) electrons. The number of hydrogen-bond donors (Lipinski definition) is 2. The number of aromatic amines is 1. The van der Waals surface area contributed by atoms with E-state index in [1.807, 2.05) is 12.3 Å². The molecule has 1 saturated carbocycles. The molecule has 0 unspecified atom stereocenters. The Morgan fingerprint density at radius 2 is 2.00 bits per heavy atom. The van der Waals surface area contributed by atoms with Crippen molar-refractivity contribution in [2.24, 2.45) is 5.92 Å². The molecule has 32 heavy (non-hydrogen) atoms. The third-order valence-corrected chi connectivity index (χ3v) is 6.27. The number of rotatable bonds is 4. The Morgan fingerprint density at radius 1 is 1.19 bits per heavy atom. The predicted octanol–water partition coefficient (Wildman–Crippen LogP) is 4.88. The van der Waals surface area contributed by atoms with Crippen molar-refractivity contribution in [1.82, 2.24) is 24.8 Å². The van der Waals surface area contributed by atoms with E-state index < -0.39 is 11.7 Å². The Labute approximate surface area is 181 Å². The van der Waals surface area contributed by atoms with Gasteiger partial charge in [-0.05, 0) is 55.9 Å². The lowest BCUT2D eigenvalue weighted by Gasteiger charge is -2.28. The summed E-state index contributed by atoms with van der Waals surface area (Å²) in [6, 6.07) is 7.35. The highest BCUT2D eigenvalue weighted by Crippen LogP contribution is 2.38. The number of hydrogen-bond acceptors (Lipinski definition) is 5. The quantitative estimate of drug-likeness (QED) is 0.473. The van der Waals surface area contributed by atoms with Gasteiger partial charge in [-0.3, -0.25) is 0 Å². The molecule has 0 aliphatic heterocycles. The molecule has 0 amide bonds. The monoisotopic (exact) mass is 439 g/mol. The second-order valence-electron chi connectivity index (χ2n) is 8.22. The molecule has 1 aliphatic rings. The van der Waals surface area contributed by atoms with Crippen molar-refractivity contribution in [2.75, 3.05) is 11.9 Å². The summed E-state index contributed by atoms with van der Waals surface area (Å²) in [6.07, 6.45) is 2.73. The van der Waals surface area contributed by atoms with E-state index in [2.05, 4.69) is 25.6 Å². The Balaban J connectivity index is 1.25. The molecule has 164 valence electrons. The average molecular weight is 439 g/mol. The van der Waals surface area contributed by atoms with Gasteiger partial charge in [-0.25, -0.2) is 9.50 Å². The molecule has 0 atom stereocenters. The van der Waals surface area contributed by atoms with Gasteiger partial charge in [0.1, 0.15) is 17.5 Å². The molecule has 10 heteroatoms. The molecule has 1 aliphatic carbocycles. The van der Waals surface area contributed by atoms with Crippen LogP contribution in [0.4, 0.5) is 18.9 Å². The fourth-order valence-corrected chi connectivity index (χ4v) is 4.58. The maximum absolute atomic E-state index is 13.2. The lowest BCUT2D eigenvalue weighted by molar-refractivity contribution is -0.137. The molecule has 0 spiro atoms. The summed E-state index contributed by atoms with van der Waals surface area (Å²) in [7, 11) is 0. The van der Waals surface area contributed by atoms with Crippen LogP contribution in [-0.4, -0.2) is 31.3 Å². The van der Waals surface area contributed by atoms with Crippen LogP contribution >= 0.6 is 0 Å². The normalized spacial score (nSPS) is 19.3. The summed E-state index contributed by atoms with van der Waals surface area (Å²) in [4.78, 5) is 7.45. The Kier molecular flexibility index (Phi) is 4.96. The van der Waals surface area contributed by atoms with Gasteiger partial charge in [0.25, 0.3) is 0 Å². The van der Waals surface area contributed by atoms with Crippen LogP contribution in [0, 0.1) is 17.2 Å². The number of nitrogens with zero attached hydrogens (tertiary/aromatic N) is 5. The van der Waals surface area contributed by atoms with Gasteiger partial charge in [0, 0.05) is 29.7 Å². The molecule has 1 aromatic carbocycles. The number of fused-ring (bicyclic) bond motifs is 3. The largest absolute Gasteiger partial charge is 0.417 e. The smallest absolute Gasteiger partial charge is 0.385 e. The maximum Gasteiger partial charge on any atom is 0.417 e. The summed E-state index contributed by atoms with van der Waals surface area (Å²) >= 11 is 0. The van der Waals surface area contributed by atoms with Crippen LogP contribution in [0.25, 0.3) is 16.6 Å². The number of anilines is 1. The topological polar surface area (TPSA) is 94.7 Å². The highest BCUT2D eigenvalue weighted by molar-refractivity contribution is 5.92. The summed E-state index contributed by atoms with van der Waals surface area (Å²) in [5.41, 5.74) is 1.87. The van der Waals surface area contributed by atoms with Gasteiger partial charge in [-0.15, -0.1) is 5.10 Å². The van der Waals surface area contributed by atoms with E-state index in [0.717, 1.165) is 54.0 Å². The molecule has 3 aromatic heterocycles. The minimum absolute atomic E-state index is 0.288. The van der Waals surface area contributed by atoms with Crippen LogP contribution in [-0.2, 0) is 6.18 Å². The number of nitrogens with one attached hydrogen (secondary N) is 2. The molecule has 4 aromatic rings. The Bertz CT molecular complexity index is 1310. The van der Waals surface area contributed by atoms with Gasteiger partial charge in [0.2, 0.25) is 0 Å². The van der Waals surface area contributed by atoms with Crippen molar-refractivity contribution < 1.29 is 13.2 Å². The number of halogens is 3. The second kappa shape index (κ2) is 7.82. The highest BCUT2D eigenvalue weighted by atomic mass is 19.4. The van der Waals surface area contributed by atoms with E-state index in [9.17, 15) is 13.2 Å². The van der Waals surface area contributed by atoms with Gasteiger partial charge in [0.15, 0.2) is 0 Å². The fourth-order valence-electron chi connectivity index (χ4n) is 4.58. The van der Waals surface area contributed by atoms with E-state index in [0.29, 0.717) is 18.2 Å². The van der Waals surface area contributed by atoms with E-state index >= 15 is 0 Å². The van der Waals surface area contributed by atoms with Crippen LogP contribution in [0.2, 0.25) is 0 Å². The molecular formula is C22H20F3N7. The molecule has 5 rings (SSSR count). The third kappa shape index (κ3) is 3.64. The zero-order valence-corrected chi connectivity index (χ0v) is 17.0. The van der Waals surface area contributed by atoms with E-state index in [-0.39, 0.29) is 11.5 Å². The molecule has 2 N–H and O–H groups in total. The molecule has 1 fully saturated rings. The highest BCUT2D eigenvalue weighted by Gasteiger charge is 2.34. The summed E-state index contributed by atoms with van der Waals surface area (Å²) in [6.45, 7) is 0.587. The molecule has 3 heterocycles. The zero-order chi connectivity index (χ0) is 22.3. The van der Waals surface area contributed by atoms with Crippen LogP contribution in [0.3, 0.4) is 0 Å². The van der Waals surface area contributed by atoms with Crippen molar-refractivity contribution in [3.05, 3.63) is 53.6 Å². The van der Waals surface area contributed by atoms with E-state index in [1.54, 1.807) is 16.9 Å². The standard InChI is InChI=1S/C22H20F3N7/c23-22(24,25)18-9-16(6-5-15(18)10-26)28-11-13-1-3-14(4-2-13)19-20-17-7-8-27-21(17)29-12-32(20)31-30-19/h5-9,12-14,27-28H,1-4,11H2. The average Bonchev–Trinajstić information content (AvgIpc) is 3.44. The lowest BCUT2D eigenvalue weighted by Crippen LogP contribution is -2.21. The van der Waals surface area contributed by atoms with E-state index in [1.165, 1.54) is 12.1 Å². The zero-order valence-electron chi connectivity index (χ0n) is 17.0. The van der Waals surface area contributed by atoms with Crippen molar-refractivity contribution in [3.63, 3.8) is 0 Å². The number of nitriles is 1. The van der Waals surface area contributed by atoms with Crippen molar-refractivity contribution in [3.8, 4) is 6.07 Å². The maximum atomic E-state index is 13.2. The SMILES string of the molecule is N#Cc1ccc(NCC2CCC(c3nnn4cnc5[nH]ccc5c34)CC2)cc1C(F)(F)F. The van der Waals surface area contributed by atoms with Gasteiger partial charge in [-0.1, -0.05) is 5.21 Å². The summed E-state index contributed by atoms with van der Waals surface area (Å²) < 4.78 is 41.2. The van der Waals surface area contributed by atoms with Gasteiger partial charge in [0.05, 0.1) is 22.9 Å². The molecule has 0 saturated heterocycles. The van der Waals surface area contributed by atoms with Gasteiger partial charge in [-0.2, -0.15) is 18.4 Å². The Morgan fingerprint density at radius 3 is 2.75 bits per heavy atom. The first-order valence-electron chi connectivity index (χ1n) is 10.5. The third-order valence-electron chi connectivity index (χ3n) is 6.27. The lowest BCUT2D eigenvalue weighted by atomic mass is 9.80. The number of benzene rings is 1. The minimum Gasteiger partial charge on any atom is -0.385 e. The number of H-pyrrole nitrogens is 1. The number of alkyl halides is 3. The first kappa shape index (κ1) is 20.3. The van der Waals surface area contributed by atoms with E-state index in [4.69, 9.17) is 5.26 Å². The first-order chi connectivity index (χ1) is 15.4. The number of aromatic nitrogens is 5. The van der Waals surface area contributed by atoms with Crippen LogP contribution in [0.1, 0.15) is 48.4 Å². The van der Waals surface area contributed by atoms with Crippen molar-refractivity contribution in [2.45, 2.75) is 37.8 Å². The molecule has 7 nitrogen and oxygen atoms in total.